The van der Waals surface area contributed by atoms with Crippen LogP contribution in [0.2, 0.25) is 0 Å². The molecular weight excluding hydrogens is 100 g/mol. The highest BCUT2D eigenvalue weighted by atomic mass is 14.5. The van der Waals surface area contributed by atoms with Crippen molar-refractivity contribution in [1.29, 1.82) is 0 Å². The number of nitrogens with two attached hydrogens (primary N) is 2. The third-order valence-corrected chi connectivity index (χ3v) is 0.718. The molecule has 46 valence electrons. The standard InChI is InChI=1S/C6H12N2/c1-5(4-7)3-6(2)8/h3-4H,7-8H2,1-2H3/b5-4-,6-3-. The first-order valence-electron chi connectivity index (χ1n) is 2.49. The van der Waals surface area contributed by atoms with Crippen LogP contribution < -0.4 is 11.5 Å². The Kier molecular flexibility index (Phi) is 2.77. The number of hydrogen-bond donors (Lipinski definition) is 2. The Bertz CT molecular complexity index is 118. The molecule has 2 heteroatoms. The van der Waals surface area contributed by atoms with Crippen LogP contribution in [0.1, 0.15) is 13.8 Å². The molecule has 4 N–H and O–H groups in total. The SMILES string of the molecule is C/C(N)=C/C(C)=C\N. The van der Waals surface area contributed by atoms with E-state index in [1.54, 1.807) is 0 Å². The minimum atomic E-state index is 0.782. The first kappa shape index (κ1) is 7.08. The molecule has 0 rings (SSSR count). The normalized spacial score (nSPS) is 14.2. The quantitative estimate of drug-likeness (QED) is 0.491. The average molecular weight is 112 g/mol. The van der Waals surface area contributed by atoms with Crippen LogP contribution in [0.4, 0.5) is 0 Å². The van der Waals surface area contributed by atoms with E-state index in [2.05, 4.69) is 0 Å². The maximum absolute atomic E-state index is 5.33. The van der Waals surface area contributed by atoms with Crippen LogP contribution >= 0.6 is 0 Å². The first-order chi connectivity index (χ1) is 3.66. The van der Waals surface area contributed by atoms with Crippen LogP contribution in [-0.4, -0.2) is 0 Å². The molecule has 0 atom stereocenters. The molecule has 8 heavy (non-hydrogen) atoms. The van der Waals surface area contributed by atoms with Gasteiger partial charge in [-0.15, -0.1) is 0 Å². The van der Waals surface area contributed by atoms with Crippen molar-refractivity contribution >= 4 is 0 Å². The molecule has 0 amide bonds. The van der Waals surface area contributed by atoms with E-state index in [4.69, 9.17) is 11.5 Å². The summed E-state index contributed by atoms with van der Waals surface area (Å²) in [5, 5.41) is 0. The molecule has 0 spiro atoms. The zero-order chi connectivity index (χ0) is 6.57. The van der Waals surface area contributed by atoms with Crippen molar-refractivity contribution in [2.75, 3.05) is 0 Å². The second-order valence-electron chi connectivity index (χ2n) is 1.80. The molecule has 0 aliphatic rings. The smallest absolute Gasteiger partial charge is 0.00520 e. The van der Waals surface area contributed by atoms with E-state index >= 15 is 0 Å². The van der Waals surface area contributed by atoms with Crippen molar-refractivity contribution in [3.63, 3.8) is 0 Å². The molecule has 0 unspecified atom stereocenters. The summed E-state index contributed by atoms with van der Waals surface area (Å²) >= 11 is 0. The van der Waals surface area contributed by atoms with Gasteiger partial charge in [-0.2, -0.15) is 0 Å². The lowest BCUT2D eigenvalue weighted by Crippen LogP contribution is -1.91. The van der Waals surface area contributed by atoms with Gasteiger partial charge in [-0.25, -0.2) is 0 Å². The summed E-state index contributed by atoms with van der Waals surface area (Å²) in [6.07, 6.45) is 3.34. The van der Waals surface area contributed by atoms with Gasteiger partial charge in [0.05, 0.1) is 0 Å². The molecule has 0 saturated carbocycles. The van der Waals surface area contributed by atoms with Crippen molar-refractivity contribution in [1.82, 2.24) is 0 Å². The zero-order valence-electron chi connectivity index (χ0n) is 5.31. The largest absolute Gasteiger partial charge is 0.404 e. The summed E-state index contributed by atoms with van der Waals surface area (Å²) in [6, 6.07) is 0. The average Bonchev–Trinajstić information content (AvgIpc) is 1.65. The summed E-state index contributed by atoms with van der Waals surface area (Å²) in [7, 11) is 0. The van der Waals surface area contributed by atoms with Crippen molar-refractivity contribution in [3.05, 3.63) is 23.5 Å². The highest BCUT2D eigenvalue weighted by molar-refractivity contribution is 5.17. The molecule has 0 aromatic carbocycles. The van der Waals surface area contributed by atoms with E-state index in [0.717, 1.165) is 11.3 Å². The van der Waals surface area contributed by atoms with Gasteiger partial charge in [0.1, 0.15) is 0 Å². The highest BCUT2D eigenvalue weighted by Gasteiger charge is 1.78. The summed E-state index contributed by atoms with van der Waals surface area (Å²) < 4.78 is 0. The van der Waals surface area contributed by atoms with Gasteiger partial charge in [0.2, 0.25) is 0 Å². The first-order valence-corrected chi connectivity index (χ1v) is 2.49. The fraction of sp³-hybridized carbons (Fsp3) is 0.333. The Morgan fingerprint density at radius 2 is 1.88 bits per heavy atom. The van der Waals surface area contributed by atoms with Gasteiger partial charge in [0, 0.05) is 5.70 Å². The molecule has 0 aliphatic heterocycles. The van der Waals surface area contributed by atoms with Crippen molar-refractivity contribution in [2.45, 2.75) is 13.8 Å². The zero-order valence-corrected chi connectivity index (χ0v) is 5.31. The second-order valence-corrected chi connectivity index (χ2v) is 1.80. The lowest BCUT2D eigenvalue weighted by molar-refractivity contribution is 1.28. The monoisotopic (exact) mass is 112 g/mol. The highest BCUT2D eigenvalue weighted by Crippen LogP contribution is 1.92. The Hall–Kier alpha value is -0.920. The molecule has 0 saturated heterocycles. The fourth-order valence-electron chi connectivity index (χ4n) is 0.407. The summed E-state index contributed by atoms with van der Waals surface area (Å²) in [5.41, 5.74) is 12.3. The molecule has 0 aromatic heterocycles. The van der Waals surface area contributed by atoms with Crippen molar-refractivity contribution in [3.8, 4) is 0 Å². The topological polar surface area (TPSA) is 52.0 Å². The van der Waals surface area contributed by atoms with Gasteiger partial charge < -0.3 is 11.5 Å². The van der Waals surface area contributed by atoms with Crippen molar-refractivity contribution in [2.24, 2.45) is 11.5 Å². The Labute approximate surface area is 49.9 Å². The van der Waals surface area contributed by atoms with Crippen LogP contribution in [-0.2, 0) is 0 Å². The minimum absolute atomic E-state index is 0.782. The van der Waals surface area contributed by atoms with E-state index in [-0.39, 0.29) is 0 Å². The predicted octanol–water partition coefficient (Wildman–Crippen LogP) is 0.711. The van der Waals surface area contributed by atoms with Crippen molar-refractivity contribution < 1.29 is 0 Å². The molecular formula is C6H12N2. The van der Waals surface area contributed by atoms with E-state index in [0.29, 0.717) is 0 Å². The van der Waals surface area contributed by atoms with E-state index in [1.165, 1.54) is 6.20 Å². The van der Waals surface area contributed by atoms with Crippen LogP contribution in [0, 0.1) is 0 Å². The van der Waals surface area contributed by atoms with Gasteiger partial charge in [-0.3, -0.25) is 0 Å². The Morgan fingerprint density at radius 3 is 2.00 bits per heavy atom. The molecule has 0 bridgehead atoms. The second kappa shape index (κ2) is 3.13. The van der Waals surface area contributed by atoms with E-state index < -0.39 is 0 Å². The molecule has 0 aliphatic carbocycles. The summed E-state index contributed by atoms with van der Waals surface area (Å²) in [5.74, 6) is 0. The fourth-order valence-corrected chi connectivity index (χ4v) is 0.407. The minimum Gasteiger partial charge on any atom is -0.404 e. The van der Waals surface area contributed by atoms with Gasteiger partial charge in [0.15, 0.2) is 0 Å². The Balaban J connectivity index is 3.89. The van der Waals surface area contributed by atoms with Gasteiger partial charge in [-0.05, 0) is 31.7 Å². The molecule has 0 heterocycles. The number of rotatable bonds is 1. The summed E-state index contributed by atoms with van der Waals surface area (Å²) in [6.45, 7) is 3.73. The van der Waals surface area contributed by atoms with Gasteiger partial charge in [-0.1, -0.05) is 0 Å². The van der Waals surface area contributed by atoms with E-state index in [9.17, 15) is 0 Å². The molecule has 0 fully saturated rings. The third kappa shape index (κ3) is 3.28. The Morgan fingerprint density at radius 1 is 1.38 bits per heavy atom. The molecule has 0 aromatic rings. The molecule has 2 nitrogen and oxygen atoms in total. The summed E-state index contributed by atoms with van der Waals surface area (Å²) in [4.78, 5) is 0. The maximum Gasteiger partial charge on any atom is 0.00520 e. The maximum atomic E-state index is 5.33. The van der Waals surface area contributed by atoms with Crippen LogP contribution in [0.15, 0.2) is 23.5 Å². The lowest BCUT2D eigenvalue weighted by atomic mass is 10.3. The van der Waals surface area contributed by atoms with E-state index in [1.807, 2.05) is 19.9 Å². The number of hydrogen-bond acceptors (Lipinski definition) is 2. The third-order valence-electron chi connectivity index (χ3n) is 0.718. The van der Waals surface area contributed by atoms with Crippen LogP contribution in [0.25, 0.3) is 0 Å². The lowest BCUT2D eigenvalue weighted by Gasteiger charge is -1.89. The molecule has 0 radical (unpaired) electrons. The van der Waals surface area contributed by atoms with Gasteiger partial charge >= 0.3 is 0 Å². The predicted molar refractivity (Wildman–Crippen MR) is 35.9 cm³/mol. The van der Waals surface area contributed by atoms with Crippen LogP contribution in [0.3, 0.4) is 0 Å². The number of allylic oxidation sites excluding steroid dienone is 3. The van der Waals surface area contributed by atoms with Gasteiger partial charge in [0.25, 0.3) is 0 Å². The van der Waals surface area contributed by atoms with Crippen LogP contribution in [0.5, 0.6) is 0 Å².